The molecule has 0 bridgehead atoms. The van der Waals surface area contributed by atoms with Crippen molar-refractivity contribution < 1.29 is 5.11 Å². The van der Waals surface area contributed by atoms with Crippen LogP contribution in [0.1, 0.15) is 31.2 Å². The van der Waals surface area contributed by atoms with E-state index in [2.05, 4.69) is 22.2 Å². The summed E-state index contributed by atoms with van der Waals surface area (Å²) in [5.41, 5.74) is 0.861. The van der Waals surface area contributed by atoms with Crippen LogP contribution in [-0.2, 0) is 6.42 Å². The Kier molecular flexibility index (Phi) is 5.49. The van der Waals surface area contributed by atoms with Crippen LogP contribution in [0.4, 0.5) is 5.82 Å². The molecule has 5 heteroatoms. The molecule has 2 N–H and O–H groups in total. The van der Waals surface area contributed by atoms with Crippen LogP contribution in [0.5, 0.6) is 0 Å². The second-order valence-corrected chi connectivity index (χ2v) is 4.02. The van der Waals surface area contributed by atoms with Crippen LogP contribution in [0.2, 0.25) is 5.15 Å². The summed E-state index contributed by atoms with van der Waals surface area (Å²) in [6, 6.07) is 0. The van der Waals surface area contributed by atoms with Crippen molar-refractivity contribution in [1.82, 2.24) is 9.97 Å². The van der Waals surface area contributed by atoms with Crippen molar-refractivity contribution in [2.24, 2.45) is 0 Å². The SMILES string of the molecule is CCCc1nc(Cl)c(C)c(NCCCO)n1. The van der Waals surface area contributed by atoms with E-state index in [1.165, 1.54) is 0 Å². The van der Waals surface area contributed by atoms with E-state index in [1.54, 1.807) is 0 Å². The van der Waals surface area contributed by atoms with Crippen LogP contribution >= 0.6 is 11.6 Å². The van der Waals surface area contributed by atoms with Gasteiger partial charge in [-0.2, -0.15) is 0 Å². The van der Waals surface area contributed by atoms with Gasteiger partial charge >= 0.3 is 0 Å². The fourth-order valence-corrected chi connectivity index (χ4v) is 1.51. The first-order valence-electron chi connectivity index (χ1n) is 5.56. The van der Waals surface area contributed by atoms with Crippen LogP contribution in [0.3, 0.4) is 0 Å². The third kappa shape index (κ3) is 3.61. The summed E-state index contributed by atoms with van der Waals surface area (Å²) in [5.74, 6) is 1.54. The van der Waals surface area contributed by atoms with Gasteiger partial charge in [0.2, 0.25) is 0 Å². The Hall–Kier alpha value is -0.870. The minimum Gasteiger partial charge on any atom is -0.396 e. The lowest BCUT2D eigenvalue weighted by molar-refractivity contribution is 0.292. The molecular formula is C11H18ClN3O. The average Bonchev–Trinajstić information content (AvgIpc) is 2.25. The quantitative estimate of drug-likeness (QED) is 0.594. The van der Waals surface area contributed by atoms with E-state index in [4.69, 9.17) is 16.7 Å². The van der Waals surface area contributed by atoms with Gasteiger partial charge < -0.3 is 10.4 Å². The Morgan fingerprint density at radius 2 is 2.12 bits per heavy atom. The number of rotatable bonds is 6. The molecule has 90 valence electrons. The minimum atomic E-state index is 0.173. The highest BCUT2D eigenvalue weighted by Crippen LogP contribution is 2.20. The first-order chi connectivity index (χ1) is 7.69. The molecule has 0 unspecified atom stereocenters. The summed E-state index contributed by atoms with van der Waals surface area (Å²) >= 11 is 6.03. The van der Waals surface area contributed by atoms with E-state index < -0.39 is 0 Å². The molecule has 0 aliphatic rings. The highest BCUT2D eigenvalue weighted by Gasteiger charge is 2.08. The molecule has 0 radical (unpaired) electrons. The Balaban J connectivity index is 2.79. The van der Waals surface area contributed by atoms with Crippen molar-refractivity contribution >= 4 is 17.4 Å². The molecular weight excluding hydrogens is 226 g/mol. The monoisotopic (exact) mass is 243 g/mol. The lowest BCUT2D eigenvalue weighted by atomic mass is 10.3. The molecule has 0 aliphatic heterocycles. The fourth-order valence-electron chi connectivity index (χ4n) is 1.33. The molecule has 0 saturated heterocycles. The van der Waals surface area contributed by atoms with E-state index in [9.17, 15) is 0 Å². The summed E-state index contributed by atoms with van der Waals surface area (Å²) < 4.78 is 0. The van der Waals surface area contributed by atoms with Crippen LogP contribution in [0.25, 0.3) is 0 Å². The molecule has 1 aromatic rings. The van der Waals surface area contributed by atoms with Crippen molar-refractivity contribution in [3.05, 3.63) is 16.5 Å². The Bertz CT molecular complexity index is 344. The van der Waals surface area contributed by atoms with Crippen molar-refractivity contribution in [3.63, 3.8) is 0 Å². The molecule has 0 spiro atoms. The highest BCUT2D eigenvalue weighted by atomic mass is 35.5. The number of nitrogens with one attached hydrogen (secondary N) is 1. The molecule has 0 aliphatic carbocycles. The summed E-state index contributed by atoms with van der Waals surface area (Å²) in [6.45, 7) is 4.83. The molecule has 0 amide bonds. The van der Waals surface area contributed by atoms with Crippen LogP contribution in [0.15, 0.2) is 0 Å². The second kappa shape index (κ2) is 6.66. The minimum absolute atomic E-state index is 0.173. The zero-order chi connectivity index (χ0) is 12.0. The summed E-state index contributed by atoms with van der Waals surface area (Å²) in [7, 11) is 0. The number of hydrogen-bond acceptors (Lipinski definition) is 4. The number of halogens is 1. The fraction of sp³-hybridized carbons (Fsp3) is 0.636. The normalized spacial score (nSPS) is 10.5. The number of aryl methyl sites for hydroxylation is 1. The van der Waals surface area contributed by atoms with Crippen molar-refractivity contribution in [2.75, 3.05) is 18.5 Å². The largest absolute Gasteiger partial charge is 0.396 e. The van der Waals surface area contributed by atoms with Crippen LogP contribution < -0.4 is 5.32 Å². The predicted molar refractivity (Wildman–Crippen MR) is 66.0 cm³/mol. The molecule has 0 aromatic carbocycles. The molecule has 1 heterocycles. The molecule has 1 aromatic heterocycles. The Morgan fingerprint density at radius 3 is 2.75 bits per heavy atom. The number of aromatic nitrogens is 2. The van der Waals surface area contributed by atoms with Gasteiger partial charge in [-0.25, -0.2) is 9.97 Å². The maximum absolute atomic E-state index is 8.71. The number of anilines is 1. The summed E-state index contributed by atoms with van der Waals surface area (Å²) in [4.78, 5) is 8.62. The zero-order valence-electron chi connectivity index (χ0n) is 9.76. The van der Waals surface area contributed by atoms with Gasteiger partial charge in [0.05, 0.1) is 0 Å². The van der Waals surface area contributed by atoms with E-state index in [-0.39, 0.29) is 6.61 Å². The Labute approximate surface area is 101 Å². The first kappa shape index (κ1) is 13.2. The van der Waals surface area contributed by atoms with Gasteiger partial charge in [0.1, 0.15) is 16.8 Å². The molecule has 0 saturated carbocycles. The van der Waals surface area contributed by atoms with Gasteiger partial charge in [0.25, 0.3) is 0 Å². The van der Waals surface area contributed by atoms with E-state index in [0.717, 1.165) is 30.0 Å². The smallest absolute Gasteiger partial charge is 0.137 e. The molecule has 16 heavy (non-hydrogen) atoms. The van der Waals surface area contributed by atoms with E-state index >= 15 is 0 Å². The maximum Gasteiger partial charge on any atom is 0.137 e. The molecule has 1 rings (SSSR count). The Morgan fingerprint density at radius 1 is 1.38 bits per heavy atom. The van der Waals surface area contributed by atoms with Gasteiger partial charge in [0, 0.05) is 25.1 Å². The van der Waals surface area contributed by atoms with Gasteiger partial charge in [-0.15, -0.1) is 0 Å². The number of hydrogen-bond donors (Lipinski definition) is 2. The second-order valence-electron chi connectivity index (χ2n) is 3.66. The standard InChI is InChI=1S/C11H18ClN3O/c1-3-5-9-14-10(12)8(2)11(15-9)13-6-4-7-16/h16H,3-7H2,1-2H3,(H,13,14,15). The van der Waals surface area contributed by atoms with Crippen molar-refractivity contribution in [2.45, 2.75) is 33.1 Å². The predicted octanol–water partition coefficient (Wildman–Crippen LogP) is 2.19. The summed E-state index contributed by atoms with van der Waals surface area (Å²) in [5, 5.41) is 12.4. The third-order valence-electron chi connectivity index (χ3n) is 2.23. The third-order valence-corrected chi connectivity index (χ3v) is 2.60. The van der Waals surface area contributed by atoms with Crippen molar-refractivity contribution in [1.29, 1.82) is 0 Å². The van der Waals surface area contributed by atoms with Gasteiger partial charge in [-0.1, -0.05) is 18.5 Å². The van der Waals surface area contributed by atoms with Crippen LogP contribution in [-0.4, -0.2) is 28.2 Å². The summed E-state index contributed by atoms with van der Waals surface area (Å²) in [6.07, 6.45) is 2.52. The van der Waals surface area contributed by atoms with Crippen molar-refractivity contribution in [3.8, 4) is 0 Å². The maximum atomic E-state index is 8.71. The van der Waals surface area contributed by atoms with Gasteiger partial charge in [0.15, 0.2) is 0 Å². The highest BCUT2D eigenvalue weighted by molar-refractivity contribution is 6.30. The number of aliphatic hydroxyl groups excluding tert-OH is 1. The lowest BCUT2D eigenvalue weighted by Gasteiger charge is -2.10. The van der Waals surface area contributed by atoms with E-state index in [0.29, 0.717) is 18.1 Å². The van der Waals surface area contributed by atoms with E-state index in [1.807, 2.05) is 6.92 Å². The molecule has 4 nitrogen and oxygen atoms in total. The van der Waals surface area contributed by atoms with Gasteiger partial charge in [-0.05, 0) is 19.8 Å². The average molecular weight is 244 g/mol. The molecule has 0 fully saturated rings. The number of nitrogens with zero attached hydrogens (tertiary/aromatic N) is 2. The first-order valence-corrected chi connectivity index (χ1v) is 5.94. The number of aliphatic hydroxyl groups is 1. The zero-order valence-corrected chi connectivity index (χ0v) is 10.5. The molecule has 0 atom stereocenters. The topological polar surface area (TPSA) is 58.0 Å². The van der Waals surface area contributed by atoms with Crippen LogP contribution in [0, 0.1) is 6.92 Å². The van der Waals surface area contributed by atoms with Gasteiger partial charge in [-0.3, -0.25) is 0 Å². The lowest BCUT2D eigenvalue weighted by Crippen LogP contribution is -2.09.